The maximum absolute atomic E-state index is 15.7. The summed E-state index contributed by atoms with van der Waals surface area (Å²) in [7, 11) is 0. The Morgan fingerprint density at radius 2 is 1.52 bits per heavy atom. The largest absolute Gasteiger partial charge is 0.313 e. The van der Waals surface area contributed by atoms with Crippen molar-refractivity contribution in [1.82, 2.24) is 0 Å². The number of Topliss-reactive ketones (excluding diaryl/α,β-unsaturated/α-hetero) is 1. The van der Waals surface area contributed by atoms with E-state index in [0.29, 0.717) is 15.5 Å². The first-order valence-electron chi connectivity index (χ1n) is 7.52. The normalized spacial score (nSPS) is 19.4. The van der Waals surface area contributed by atoms with E-state index in [1.165, 1.54) is 12.1 Å². The van der Waals surface area contributed by atoms with Gasteiger partial charge in [0.05, 0.1) is 5.56 Å². The Kier molecular flexibility index (Phi) is 3.71. The van der Waals surface area contributed by atoms with Gasteiger partial charge in [0.1, 0.15) is 9.34 Å². The van der Waals surface area contributed by atoms with Gasteiger partial charge >= 0.3 is 0 Å². The predicted octanol–water partition coefficient (Wildman–Crippen LogP) is 5.07. The van der Waals surface area contributed by atoms with Gasteiger partial charge in [-0.3, -0.25) is 9.59 Å². The minimum Gasteiger partial charge on any atom is -0.313 e. The zero-order valence-electron chi connectivity index (χ0n) is 12.8. The molecule has 1 N–H and O–H groups in total. The van der Waals surface area contributed by atoms with E-state index in [1.54, 1.807) is 30.3 Å². The molecule has 1 aromatic heterocycles. The highest BCUT2D eigenvalue weighted by atomic mass is 35.5. The molecule has 4 rings (SSSR count). The van der Waals surface area contributed by atoms with Gasteiger partial charge in [-0.1, -0.05) is 72.3 Å². The summed E-state index contributed by atoms with van der Waals surface area (Å²) in [6.45, 7) is 0. The van der Waals surface area contributed by atoms with Crippen molar-refractivity contribution < 1.29 is 14.0 Å². The molecule has 0 saturated heterocycles. The Hall–Kier alpha value is -2.50. The van der Waals surface area contributed by atoms with Crippen molar-refractivity contribution in [2.75, 3.05) is 5.32 Å². The molecule has 0 spiro atoms. The van der Waals surface area contributed by atoms with Crippen molar-refractivity contribution in [2.45, 2.75) is 5.67 Å². The number of thiophene rings is 1. The third kappa shape index (κ3) is 2.31. The van der Waals surface area contributed by atoms with Gasteiger partial charge < -0.3 is 5.32 Å². The van der Waals surface area contributed by atoms with Crippen LogP contribution in [0.2, 0.25) is 4.34 Å². The van der Waals surface area contributed by atoms with Crippen LogP contribution in [-0.4, -0.2) is 11.7 Å². The fourth-order valence-corrected chi connectivity index (χ4v) is 4.34. The van der Waals surface area contributed by atoms with E-state index < -0.39 is 17.4 Å². The number of carbonyl (C=O) groups excluding carboxylic acids is 2. The summed E-state index contributed by atoms with van der Waals surface area (Å²) in [4.78, 5) is 25.5. The summed E-state index contributed by atoms with van der Waals surface area (Å²) in [6.07, 6.45) is 0. The van der Waals surface area contributed by atoms with Crippen LogP contribution in [0.5, 0.6) is 0 Å². The molecule has 2 aromatic carbocycles. The van der Waals surface area contributed by atoms with E-state index in [1.807, 2.05) is 18.2 Å². The maximum Gasteiger partial charge on any atom is 0.275 e. The molecule has 0 bridgehead atoms. The van der Waals surface area contributed by atoms with Crippen molar-refractivity contribution >= 4 is 39.6 Å². The predicted molar refractivity (Wildman–Crippen MR) is 97.0 cm³/mol. The number of rotatable bonds is 2. The van der Waals surface area contributed by atoms with E-state index in [4.69, 9.17) is 11.6 Å². The van der Waals surface area contributed by atoms with Gasteiger partial charge in [0, 0.05) is 11.1 Å². The van der Waals surface area contributed by atoms with Crippen LogP contribution >= 0.6 is 22.9 Å². The molecule has 1 aliphatic rings. The maximum atomic E-state index is 15.7. The molecular formula is C19H11ClFNO2S. The average Bonchev–Trinajstić information content (AvgIpc) is 2.97. The molecule has 1 aliphatic heterocycles. The van der Waals surface area contributed by atoms with Gasteiger partial charge in [-0.15, -0.1) is 11.3 Å². The number of hydrogen-bond donors (Lipinski definition) is 1. The molecule has 1 amide bonds. The number of carbonyl (C=O) groups is 2. The summed E-state index contributed by atoms with van der Waals surface area (Å²) in [5.41, 5.74) is -1.51. The van der Waals surface area contributed by atoms with Gasteiger partial charge in [0.2, 0.25) is 5.78 Å². The highest BCUT2D eigenvalue weighted by Crippen LogP contribution is 2.49. The lowest BCUT2D eigenvalue weighted by Crippen LogP contribution is -2.47. The van der Waals surface area contributed by atoms with E-state index >= 15 is 4.39 Å². The monoisotopic (exact) mass is 371 g/mol. The third-order valence-corrected chi connectivity index (χ3v) is 5.49. The van der Waals surface area contributed by atoms with Gasteiger partial charge in [0.15, 0.2) is 0 Å². The molecule has 0 radical (unpaired) electrons. The van der Waals surface area contributed by atoms with Crippen molar-refractivity contribution in [3.8, 4) is 11.1 Å². The third-order valence-electron chi connectivity index (χ3n) is 4.18. The smallest absolute Gasteiger partial charge is 0.275 e. The summed E-state index contributed by atoms with van der Waals surface area (Å²) < 4.78 is 16.0. The zero-order chi connectivity index (χ0) is 17.6. The van der Waals surface area contributed by atoms with Crippen LogP contribution in [0.25, 0.3) is 11.1 Å². The Morgan fingerprint density at radius 1 is 0.920 bits per heavy atom. The lowest BCUT2D eigenvalue weighted by atomic mass is 9.83. The number of fused-ring (bicyclic) bond motifs is 1. The van der Waals surface area contributed by atoms with Crippen LogP contribution in [0.1, 0.15) is 15.9 Å². The summed E-state index contributed by atoms with van der Waals surface area (Å²) >= 11 is 7.38. The second kappa shape index (κ2) is 5.79. The highest BCUT2D eigenvalue weighted by molar-refractivity contribution is 7.21. The van der Waals surface area contributed by atoms with E-state index in [2.05, 4.69) is 5.32 Å². The summed E-state index contributed by atoms with van der Waals surface area (Å²) in [6, 6.07) is 16.8. The van der Waals surface area contributed by atoms with E-state index in [9.17, 15) is 9.59 Å². The van der Waals surface area contributed by atoms with Gasteiger partial charge in [-0.25, -0.2) is 4.39 Å². The first-order chi connectivity index (χ1) is 12.0. The first kappa shape index (κ1) is 16.0. The summed E-state index contributed by atoms with van der Waals surface area (Å²) in [5.74, 6) is -1.88. The molecule has 25 heavy (non-hydrogen) atoms. The van der Waals surface area contributed by atoms with Crippen LogP contribution in [0.15, 0.2) is 60.7 Å². The average molecular weight is 372 g/mol. The lowest BCUT2D eigenvalue weighted by Gasteiger charge is -2.28. The second-order valence-electron chi connectivity index (χ2n) is 5.63. The fourth-order valence-electron chi connectivity index (χ4n) is 2.97. The number of ketones is 1. The Morgan fingerprint density at radius 3 is 2.16 bits per heavy atom. The molecule has 2 heterocycles. The molecular weight excluding hydrogens is 361 g/mol. The quantitative estimate of drug-likeness (QED) is 0.639. The van der Waals surface area contributed by atoms with Gasteiger partial charge in [-0.05, 0) is 5.56 Å². The van der Waals surface area contributed by atoms with E-state index in [-0.39, 0.29) is 16.1 Å². The molecule has 1 unspecified atom stereocenters. The Labute approximate surface area is 152 Å². The highest BCUT2D eigenvalue weighted by Gasteiger charge is 2.54. The number of benzene rings is 2. The van der Waals surface area contributed by atoms with Crippen LogP contribution in [0.4, 0.5) is 9.39 Å². The Bertz CT molecular complexity index is 987. The van der Waals surface area contributed by atoms with Crippen LogP contribution in [0.3, 0.4) is 0 Å². The molecule has 3 aromatic rings. The Balaban J connectivity index is 1.95. The number of hydrogen-bond acceptors (Lipinski definition) is 3. The van der Waals surface area contributed by atoms with Crippen molar-refractivity contribution in [3.05, 3.63) is 76.1 Å². The molecule has 0 aliphatic carbocycles. The van der Waals surface area contributed by atoms with Crippen LogP contribution in [0, 0.1) is 0 Å². The number of halogens is 2. The van der Waals surface area contributed by atoms with Crippen molar-refractivity contribution in [3.63, 3.8) is 0 Å². The number of amides is 1. The second-order valence-corrected chi connectivity index (χ2v) is 7.25. The number of nitrogens with one attached hydrogen (secondary N) is 1. The zero-order valence-corrected chi connectivity index (χ0v) is 14.3. The first-order valence-corrected chi connectivity index (χ1v) is 8.71. The number of alkyl halides is 1. The fraction of sp³-hybridized carbons (Fsp3) is 0.0526. The minimum absolute atomic E-state index is 0.00415. The molecule has 3 nitrogen and oxygen atoms in total. The number of anilines is 1. The molecule has 0 saturated carbocycles. The van der Waals surface area contributed by atoms with Crippen LogP contribution in [-0.2, 0) is 10.5 Å². The topological polar surface area (TPSA) is 46.2 Å². The SMILES string of the molecule is O=C1Nc2sc(Cl)c(-c3ccccc3)c2C(=O)C1(F)c1ccccc1. The molecule has 1 atom stereocenters. The minimum atomic E-state index is -2.78. The standard InChI is InChI=1S/C19H11ClFNO2S/c20-16-13(11-7-3-1-4-8-11)14-15(23)19(21,12-9-5-2-6-10-12)18(24)22-17(14)25-16/h1-10H,(H,22,24). The van der Waals surface area contributed by atoms with Crippen LogP contribution < -0.4 is 5.32 Å². The molecule has 0 fully saturated rings. The van der Waals surface area contributed by atoms with E-state index in [0.717, 1.165) is 11.3 Å². The van der Waals surface area contributed by atoms with Gasteiger partial charge in [0.25, 0.3) is 11.6 Å². The molecule has 6 heteroatoms. The summed E-state index contributed by atoms with van der Waals surface area (Å²) in [5, 5.41) is 2.79. The van der Waals surface area contributed by atoms with Crippen molar-refractivity contribution in [2.24, 2.45) is 0 Å². The molecule has 124 valence electrons. The van der Waals surface area contributed by atoms with Gasteiger partial charge in [-0.2, -0.15) is 0 Å². The lowest BCUT2D eigenvalue weighted by molar-refractivity contribution is -0.125. The van der Waals surface area contributed by atoms with Crippen molar-refractivity contribution in [1.29, 1.82) is 0 Å².